The molecule has 0 atom stereocenters. The normalized spacial score (nSPS) is 15.0. The molecule has 190 valence electrons. The first-order valence-electron chi connectivity index (χ1n) is 11.9. The van der Waals surface area contributed by atoms with Crippen molar-refractivity contribution in [2.24, 2.45) is 0 Å². The number of anilines is 4. The number of nitrogen functional groups attached to an aromatic ring is 1. The number of likely N-dealkylation sites (N-methyl/N-ethyl adjacent to an activating group) is 1. The molecule has 0 spiro atoms. The number of hydrogen-bond donors (Lipinski definition) is 3. The monoisotopic (exact) mass is 517 g/mol. The fraction of sp³-hybridized carbons (Fsp3) is 0.240. The standard InChI is InChI=1S/C25H27N9O2S/c1-32-8-10-33(11-9-32)18-13-17(14-19(15-18)37(2,35)36)27-25-28-23-5-3-4-22(34(23)31-25)16-6-7-20-21(12-16)29-30-24(20)26/h3-7,12-15H,8-11H2,1-2H3,(H,27,31)(H3,26,29,30). The minimum atomic E-state index is -3.41. The van der Waals surface area contributed by atoms with Gasteiger partial charge in [-0.15, -0.1) is 5.10 Å². The van der Waals surface area contributed by atoms with Crippen LogP contribution in [0, 0.1) is 0 Å². The van der Waals surface area contributed by atoms with Crippen molar-refractivity contribution in [1.82, 2.24) is 29.7 Å². The Morgan fingerprint density at radius 1 is 1.03 bits per heavy atom. The third kappa shape index (κ3) is 4.45. The highest BCUT2D eigenvalue weighted by molar-refractivity contribution is 7.90. The van der Waals surface area contributed by atoms with E-state index in [9.17, 15) is 8.42 Å². The maximum Gasteiger partial charge on any atom is 0.247 e. The molecule has 0 amide bonds. The number of hydrogen-bond acceptors (Lipinski definition) is 9. The summed E-state index contributed by atoms with van der Waals surface area (Å²) in [5, 5.41) is 15.8. The van der Waals surface area contributed by atoms with Gasteiger partial charge in [-0.1, -0.05) is 12.1 Å². The summed E-state index contributed by atoms with van der Waals surface area (Å²) in [6, 6.07) is 16.9. The minimum Gasteiger partial charge on any atom is -0.382 e. The summed E-state index contributed by atoms with van der Waals surface area (Å²) in [7, 11) is -1.33. The Labute approximate surface area is 213 Å². The van der Waals surface area contributed by atoms with Crippen molar-refractivity contribution in [2.75, 3.05) is 55.4 Å². The maximum atomic E-state index is 12.5. The van der Waals surface area contributed by atoms with Crippen LogP contribution < -0.4 is 16.0 Å². The van der Waals surface area contributed by atoms with Crippen molar-refractivity contribution in [3.63, 3.8) is 0 Å². The summed E-state index contributed by atoms with van der Waals surface area (Å²) in [4.78, 5) is 9.35. The molecule has 4 N–H and O–H groups in total. The number of nitrogens with zero attached hydrogens (tertiary/aromatic N) is 6. The molecule has 1 aliphatic rings. The lowest BCUT2D eigenvalue weighted by Crippen LogP contribution is -2.44. The van der Waals surface area contributed by atoms with E-state index < -0.39 is 9.84 Å². The minimum absolute atomic E-state index is 0.253. The van der Waals surface area contributed by atoms with Crippen LogP contribution in [0.15, 0.2) is 59.5 Å². The fourth-order valence-corrected chi connectivity index (χ4v) is 5.30. The molecule has 3 aromatic heterocycles. The average Bonchev–Trinajstić information content (AvgIpc) is 3.46. The second kappa shape index (κ2) is 8.75. The zero-order valence-corrected chi connectivity index (χ0v) is 21.3. The topological polar surface area (TPSA) is 138 Å². The van der Waals surface area contributed by atoms with Gasteiger partial charge in [0.1, 0.15) is 0 Å². The van der Waals surface area contributed by atoms with Crippen LogP contribution in [0.25, 0.3) is 27.8 Å². The summed E-state index contributed by atoms with van der Waals surface area (Å²) < 4.78 is 26.7. The van der Waals surface area contributed by atoms with Crippen LogP contribution in [0.3, 0.4) is 0 Å². The highest BCUT2D eigenvalue weighted by atomic mass is 32.2. The zero-order chi connectivity index (χ0) is 25.7. The van der Waals surface area contributed by atoms with E-state index in [-0.39, 0.29) is 4.90 Å². The summed E-state index contributed by atoms with van der Waals surface area (Å²) in [5.41, 5.74) is 10.6. The smallest absolute Gasteiger partial charge is 0.247 e. The van der Waals surface area contributed by atoms with E-state index in [2.05, 4.69) is 42.4 Å². The fourth-order valence-electron chi connectivity index (χ4n) is 4.62. The van der Waals surface area contributed by atoms with Crippen molar-refractivity contribution in [2.45, 2.75) is 4.90 Å². The third-order valence-electron chi connectivity index (χ3n) is 6.69. The van der Waals surface area contributed by atoms with Gasteiger partial charge in [0.25, 0.3) is 0 Å². The molecule has 0 radical (unpaired) electrons. The number of nitrogens with one attached hydrogen (secondary N) is 2. The molecule has 6 rings (SSSR count). The second-order valence-electron chi connectivity index (χ2n) is 9.39. The van der Waals surface area contributed by atoms with E-state index in [0.717, 1.165) is 54.0 Å². The number of piperazine rings is 1. The maximum absolute atomic E-state index is 12.5. The Morgan fingerprint density at radius 2 is 1.84 bits per heavy atom. The lowest BCUT2D eigenvalue weighted by Gasteiger charge is -2.34. The van der Waals surface area contributed by atoms with Crippen LogP contribution in [0.1, 0.15) is 0 Å². The van der Waals surface area contributed by atoms with Gasteiger partial charge >= 0.3 is 0 Å². The molecular formula is C25H27N9O2S. The lowest BCUT2D eigenvalue weighted by atomic mass is 10.1. The number of nitrogens with two attached hydrogens (primary N) is 1. The molecule has 2 aromatic carbocycles. The highest BCUT2D eigenvalue weighted by Gasteiger charge is 2.19. The van der Waals surface area contributed by atoms with Crippen molar-refractivity contribution < 1.29 is 8.42 Å². The molecule has 0 bridgehead atoms. The van der Waals surface area contributed by atoms with Gasteiger partial charge in [0.05, 0.1) is 16.1 Å². The molecule has 0 aliphatic carbocycles. The van der Waals surface area contributed by atoms with Crippen LogP contribution in [0.5, 0.6) is 0 Å². The zero-order valence-electron chi connectivity index (χ0n) is 20.5. The Kier molecular flexibility index (Phi) is 5.50. The number of pyridine rings is 1. The van der Waals surface area contributed by atoms with Crippen LogP contribution in [0.4, 0.5) is 23.1 Å². The van der Waals surface area contributed by atoms with E-state index in [1.165, 1.54) is 6.26 Å². The van der Waals surface area contributed by atoms with Crippen LogP contribution in [-0.2, 0) is 9.84 Å². The molecule has 4 heterocycles. The Hall–Kier alpha value is -4.16. The van der Waals surface area contributed by atoms with Gasteiger partial charge in [-0.3, -0.25) is 5.10 Å². The molecule has 0 saturated carbocycles. The van der Waals surface area contributed by atoms with Crippen LogP contribution >= 0.6 is 0 Å². The summed E-state index contributed by atoms with van der Waals surface area (Å²) in [6.07, 6.45) is 1.22. The molecule has 11 nitrogen and oxygen atoms in total. The molecule has 5 aromatic rings. The van der Waals surface area contributed by atoms with Crippen molar-refractivity contribution in [3.8, 4) is 11.3 Å². The second-order valence-corrected chi connectivity index (χ2v) is 11.4. The lowest BCUT2D eigenvalue weighted by molar-refractivity contribution is 0.313. The first kappa shape index (κ1) is 23.3. The van der Waals surface area contributed by atoms with E-state index >= 15 is 0 Å². The average molecular weight is 518 g/mol. The number of H-pyrrole nitrogens is 1. The predicted octanol–water partition coefficient (Wildman–Crippen LogP) is 2.75. The number of fused-ring (bicyclic) bond motifs is 2. The van der Waals surface area contributed by atoms with Crippen molar-refractivity contribution in [3.05, 3.63) is 54.6 Å². The number of benzene rings is 2. The Bertz CT molecular complexity index is 1730. The highest BCUT2D eigenvalue weighted by Crippen LogP contribution is 2.29. The van der Waals surface area contributed by atoms with Gasteiger partial charge < -0.3 is 20.9 Å². The molecule has 37 heavy (non-hydrogen) atoms. The molecular weight excluding hydrogens is 490 g/mol. The van der Waals surface area contributed by atoms with Gasteiger partial charge in [-0.2, -0.15) is 10.1 Å². The molecule has 1 fully saturated rings. The van der Waals surface area contributed by atoms with Gasteiger partial charge in [0.15, 0.2) is 21.3 Å². The predicted molar refractivity (Wildman–Crippen MR) is 145 cm³/mol. The SMILES string of the molecule is CN1CCN(c2cc(Nc3nc4cccc(-c5ccc6c(N)n[nH]c6c5)n4n3)cc(S(C)(=O)=O)c2)CC1. The summed E-state index contributed by atoms with van der Waals surface area (Å²) in [6.45, 7) is 3.48. The molecule has 1 saturated heterocycles. The number of rotatable bonds is 5. The first-order valence-corrected chi connectivity index (χ1v) is 13.8. The number of aromatic nitrogens is 5. The Balaban J connectivity index is 1.37. The molecule has 0 unspecified atom stereocenters. The number of sulfone groups is 1. The van der Waals surface area contributed by atoms with Crippen molar-refractivity contribution in [1.29, 1.82) is 0 Å². The van der Waals surface area contributed by atoms with E-state index in [0.29, 0.717) is 23.1 Å². The van der Waals surface area contributed by atoms with Crippen LogP contribution in [-0.4, -0.2) is 77.6 Å². The van der Waals surface area contributed by atoms with Gasteiger partial charge in [-0.25, -0.2) is 12.9 Å². The van der Waals surface area contributed by atoms with Gasteiger partial charge in [-0.05, 0) is 49.5 Å². The van der Waals surface area contributed by atoms with E-state index in [4.69, 9.17) is 5.73 Å². The summed E-state index contributed by atoms with van der Waals surface area (Å²) in [5.74, 6) is 0.827. The quantitative estimate of drug-likeness (QED) is 0.321. The molecule has 1 aliphatic heterocycles. The Morgan fingerprint density at radius 3 is 2.62 bits per heavy atom. The van der Waals surface area contributed by atoms with E-state index in [1.807, 2.05) is 42.5 Å². The number of aromatic amines is 1. The molecule has 12 heteroatoms. The summed E-state index contributed by atoms with van der Waals surface area (Å²) >= 11 is 0. The van der Waals surface area contributed by atoms with E-state index in [1.54, 1.807) is 16.6 Å². The largest absolute Gasteiger partial charge is 0.382 e. The van der Waals surface area contributed by atoms with Crippen LogP contribution in [0.2, 0.25) is 0 Å². The first-order chi connectivity index (χ1) is 17.7. The van der Waals surface area contributed by atoms with Crippen molar-refractivity contribution >= 4 is 49.5 Å². The van der Waals surface area contributed by atoms with Gasteiger partial charge in [0, 0.05) is 54.8 Å². The van der Waals surface area contributed by atoms with Gasteiger partial charge in [0.2, 0.25) is 5.95 Å². The third-order valence-corrected chi connectivity index (χ3v) is 7.78.